The lowest BCUT2D eigenvalue weighted by atomic mass is 10.0. The number of nitrogens with zero attached hydrogens (tertiary/aromatic N) is 1. The number of amides is 2. The summed E-state index contributed by atoms with van der Waals surface area (Å²) in [6, 6.07) is 8.15. The van der Waals surface area contributed by atoms with Crippen LogP contribution in [-0.4, -0.2) is 42.3 Å². The van der Waals surface area contributed by atoms with Crippen LogP contribution in [0.5, 0.6) is 0 Å². The van der Waals surface area contributed by atoms with Crippen LogP contribution in [0.2, 0.25) is 0 Å². The highest BCUT2D eigenvalue weighted by atomic mass is 16.3. The molecule has 0 fully saturated rings. The van der Waals surface area contributed by atoms with E-state index in [9.17, 15) is 4.79 Å². The second-order valence-corrected chi connectivity index (χ2v) is 4.96. The molecule has 20 heavy (non-hydrogen) atoms. The van der Waals surface area contributed by atoms with Crippen LogP contribution in [0, 0.1) is 6.92 Å². The number of aliphatic hydroxyl groups excluding tert-OH is 1. The van der Waals surface area contributed by atoms with E-state index in [1.165, 1.54) is 16.0 Å². The molecule has 1 aromatic rings. The SMILES string of the molecule is C=CCN(CCO)C(=O)NCC(C)c1ccc(C)cc1. The highest BCUT2D eigenvalue weighted by Gasteiger charge is 2.13. The molecule has 0 aliphatic carbocycles. The van der Waals surface area contributed by atoms with Gasteiger partial charge in [-0.05, 0) is 18.4 Å². The summed E-state index contributed by atoms with van der Waals surface area (Å²) in [5, 5.41) is 11.8. The number of hydrogen-bond acceptors (Lipinski definition) is 2. The Morgan fingerprint density at radius 1 is 1.45 bits per heavy atom. The van der Waals surface area contributed by atoms with Crippen molar-refractivity contribution in [2.45, 2.75) is 19.8 Å². The fraction of sp³-hybridized carbons (Fsp3) is 0.438. The molecule has 2 amide bonds. The van der Waals surface area contributed by atoms with Gasteiger partial charge in [0.1, 0.15) is 0 Å². The molecule has 0 aliphatic heterocycles. The van der Waals surface area contributed by atoms with Crippen molar-refractivity contribution in [1.82, 2.24) is 10.2 Å². The summed E-state index contributed by atoms with van der Waals surface area (Å²) in [6.45, 7) is 9.02. The highest BCUT2D eigenvalue weighted by Crippen LogP contribution is 2.14. The second-order valence-electron chi connectivity index (χ2n) is 4.96. The molecule has 0 saturated carbocycles. The van der Waals surface area contributed by atoms with Crippen LogP contribution < -0.4 is 5.32 Å². The minimum Gasteiger partial charge on any atom is -0.395 e. The fourth-order valence-corrected chi connectivity index (χ4v) is 1.92. The molecule has 0 spiro atoms. The maximum absolute atomic E-state index is 12.0. The molecule has 4 nitrogen and oxygen atoms in total. The van der Waals surface area contributed by atoms with Gasteiger partial charge >= 0.3 is 6.03 Å². The van der Waals surface area contributed by atoms with Gasteiger partial charge in [0.05, 0.1) is 6.61 Å². The largest absolute Gasteiger partial charge is 0.395 e. The quantitative estimate of drug-likeness (QED) is 0.751. The Morgan fingerprint density at radius 3 is 2.65 bits per heavy atom. The van der Waals surface area contributed by atoms with Crippen molar-refractivity contribution in [3.05, 3.63) is 48.0 Å². The number of aryl methyl sites for hydroxylation is 1. The van der Waals surface area contributed by atoms with E-state index >= 15 is 0 Å². The number of hydrogen-bond donors (Lipinski definition) is 2. The van der Waals surface area contributed by atoms with Gasteiger partial charge in [-0.1, -0.05) is 42.8 Å². The summed E-state index contributed by atoms with van der Waals surface area (Å²) in [5.74, 6) is 0.249. The van der Waals surface area contributed by atoms with Gasteiger partial charge in [-0.25, -0.2) is 4.79 Å². The minimum atomic E-state index is -0.169. The number of nitrogens with one attached hydrogen (secondary N) is 1. The van der Waals surface area contributed by atoms with E-state index in [4.69, 9.17) is 5.11 Å². The normalized spacial score (nSPS) is 11.8. The third-order valence-electron chi connectivity index (χ3n) is 3.21. The van der Waals surface area contributed by atoms with Gasteiger partial charge in [0.2, 0.25) is 0 Å². The molecule has 1 rings (SSSR count). The maximum atomic E-state index is 12.0. The summed E-state index contributed by atoms with van der Waals surface area (Å²) in [6.07, 6.45) is 1.65. The van der Waals surface area contributed by atoms with E-state index in [0.29, 0.717) is 19.6 Å². The van der Waals surface area contributed by atoms with Crippen molar-refractivity contribution in [2.24, 2.45) is 0 Å². The van der Waals surface area contributed by atoms with E-state index in [1.54, 1.807) is 6.08 Å². The van der Waals surface area contributed by atoms with Crippen molar-refractivity contribution in [3.63, 3.8) is 0 Å². The lowest BCUT2D eigenvalue weighted by molar-refractivity contribution is 0.183. The molecule has 0 bridgehead atoms. The van der Waals surface area contributed by atoms with Gasteiger partial charge < -0.3 is 15.3 Å². The van der Waals surface area contributed by atoms with Crippen LogP contribution >= 0.6 is 0 Å². The van der Waals surface area contributed by atoms with Gasteiger partial charge in [0, 0.05) is 19.6 Å². The van der Waals surface area contributed by atoms with Gasteiger partial charge in [0.15, 0.2) is 0 Å². The third-order valence-corrected chi connectivity index (χ3v) is 3.21. The van der Waals surface area contributed by atoms with Crippen LogP contribution in [0.3, 0.4) is 0 Å². The zero-order chi connectivity index (χ0) is 15.0. The predicted molar refractivity (Wildman–Crippen MR) is 81.8 cm³/mol. The fourth-order valence-electron chi connectivity index (χ4n) is 1.92. The predicted octanol–water partition coefficient (Wildman–Crippen LogP) is 2.29. The highest BCUT2D eigenvalue weighted by molar-refractivity contribution is 5.74. The number of urea groups is 1. The Kier molecular flexibility index (Phi) is 6.81. The van der Waals surface area contributed by atoms with Crippen LogP contribution in [0.4, 0.5) is 4.79 Å². The Labute approximate surface area is 121 Å². The number of carbonyl (C=O) groups excluding carboxylic acids is 1. The summed E-state index contributed by atoms with van der Waals surface area (Å²) >= 11 is 0. The lowest BCUT2D eigenvalue weighted by Gasteiger charge is -2.22. The first kappa shape index (κ1) is 16.2. The Hall–Kier alpha value is -1.81. The third kappa shape index (κ3) is 5.05. The van der Waals surface area contributed by atoms with Crippen molar-refractivity contribution in [1.29, 1.82) is 0 Å². The Morgan fingerprint density at radius 2 is 2.10 bits per heavy atom. The molecule has 1 atom stereocenters. The Bertz CT molecular complexity index is 429. The van der Waals surface area contributed by atoms with E-state index in [2.05, 4.69) is 50.0 Å². The number of carbonyl (C=O) groups is 1. The molecule has 110 valence electrons. The van der Waals surface area contributed by atoms with Gasteiger partial charge in [-0.2, -0.15) is 0 Å². The van der Waals surface area contributed by atoms with Crippen LogP contribution in [-0.2, 0) is 0 Å². The van der Waals surface area contributed by atoms with E-state index < -0.39 is 0 Å². The molecule has 4 heteroatoms. The zero-order valence-electron chi connectivity index (χ0n) is 12.3. The molecule has 0 radical (unpaired) electrons. The first-order chi connectivity index (χ1) is 9.58. The molecule has 2 N–H and O–H groups in total. The number of aliphatic hydroxyl groups is 1. The van der Waals surface area contributed by atoms with Crippen molar-refractivity contribution in [2.75, 3.05) is 26.2 Å². The molecule has 0 aliphatic rings. The minimum absolute atomic E-state index is 0.0468. The van der Waals surface area contributed by atoms with Crippen molar-refractivity contribution in [3.8, 4) is 0 Å². The molecular formula is C16H24N2O2. The van der Waals surface area contributed by atoms with E-state index in [0.717, 1.165) is 0 Å². The summed E-state index contributed by atoms with van der Waals surface area (Å²) in [4.78, 5) is 13.5. The molecule has 1 aromatic carbocycles. The van der Waals surface area contributed by atoms with Gasteiger partial charge in [-0.15, -0.1) is 6.58 Å². The average molecular weight is 276 g/mol. The second kappa shape index (κ2) is 8.38. The van der Waals surface area contributed by atoms with Crippen molar-refractivity contribution < 1.29 is 9.90 Å². The average Bonchev–Trinajstić information content (AvgIpc) is 2.45. The molecule has 1 unspecified atom stereocenters. The molecule has 0 saturated heterocycles. The monoisotopic (exact) mass is 276 g/mol. The molecule has 0 heterocycles. The Balaban J connectivity index is 2.50. The van der Waals surface area contributed by atoms with Crippen LogP contribution in [0.15, 0.2) is 36.9 Å². The summed E-state index contributed by atoms with van der Waals surface area (Å²) in [5.41, 5.74) is 2.43. The van der Waals surface area contributed by atoms with E-state index in [-0.39, 0.29) is 18.6 Å². The van der Waals surface area contributed by atoms with Gasteiger partial charge in [-0.3, -0.25) is 0 Å². The zero-order valence-corrected chi connectivity index (χ0v) is 12.3. The van der Waals surface area contributed by atoms with Gasteiger partial charge in [0.25, 0.3) is 0 Å². The number of rotatable bonds is 7. The first-order valence-corrected chi connectivity index (χ1v) is 6.89. The van der Waals surface area contributed by atoms with Crippen molar-refractivity contribution >= 4 is 6.03 Å². The summed E-state index contributed by atoms with van der Waals surface area (Å²) in [7, 11) is 0. The molecular weight excluding hydrogens is 252 g/mol. The standard InChI is InChI=1S/C16H24N2O2/c1-4-9-18(10-11-19)16(20)17-12-14(3)15-7-5-13(2)6-8-15/h4-8,14,19H,1,9-12H2,2-3H3,(H,17,20). The van der Waals surface area contributed by atoms with Crippen LogP contribution in [0.25, 0.3) is 0 Å². The van der Waals surface area contributed by atoms with Crippen LogP contribution in [0.1, 0.15) is 24.0 Å². The van der Waals surface area contributed by atoms with E-state index in [1.807, 2.05) is 0 Å². The topological polar surface area (TPSA) is 52.6 Å². The smallest absolute Gasteiger partial charge is 0.317 e. The summed E-state index contributed by atoms with van der Waals surface area (Å²) < 4.78 is 0. The lowest BCUT2D eigenvalue weighted by Crippen LogP contribution is -2.42. The number of benzene rings is 1. The first-order valence-electron chi connectivity index (χ1n) is 6.89. The maximum Gasteiger partial charge on any atom is 0.317 e. The molecule has 0 aromatic heterocycles.